The van der Waals surface area contributed by atoms with Crippen LogP contribution in [0.1, 0.15) is 35.2 Å². The maximum Gasteiger partial charge on any atom is 0.342 e. The van der Waals surface area contributed by atoms with Gasteiger partial charge in [0, 0.05) is 28.2 Å². The lowest BCUT2D eigenvalue weighted by Gasteiger charge is -2.38. The van der Waals surface area contributed by atoms with Crippen molar-refractivity contribution in [3.8, 4) is 5.75 Å². The fraction of sp³-hybridized carbons (Fsp3) is 0.444. The molecule has 2 bridgehead atoms. The summed E-state index contributed by atoms with van der Waals surface area (Å²) in [6.07, 6.45) is 0.585. The summed E-state index contributed by atoms with van der Waals surface area (Å²) in [4.78, 5) is 39.9. The van der Waals surface area contributed by atoms with Gasteiger partial charge in [0.05, 0.1) is 28.5 Å². The van der Waals surface area contributed by atoms with Crippen LogP contribution >= 0.6 is 45.2 Å². The highest BCUT2D eigenvalue weighted by Crippen LogP contribution is 2.59. The van der Waals surface area contributed by atoms with E-state index < -0.39 is 47.6 Å². The van der Waals surface area contributed by atoms with Gasteiger partial charge in [-0.1, -0.05) is 30.3 Å². The number of phenolic OH excluding ortho intramolecular Hbond substituents is 1. The number of benzene rings is 2. The van der Waals surface area contributed by atoms with Crippen molar-refractivity contribution in [1.29, 1.82) is 0 Å². The van der Waals surface area contributed by atoms with E-state index in [-0.39, 0.29) is 23.1 Å². The molecule has 4 aliphatic rings. The summed E-state index contributed by atoms with van der Waals surface area (Å²) in [5.74, 6) is -3.56. The van der Waals surface area contributed by atoms with E-state index in [0.717, 1.165) is 22.2 Å². The third-order valence-electron chi connectivity index (χ3n) is 8.41. The third-order valence-corrected chi connectivity index (χ3v) is 9.85. The van der Waals surface area contributed by atoms with Crippen LogP contribution in [0.5, 0.6) is 5.75 Å². The molecule has 2 aliphatic carbocycles. The number of phenols is 1. The fourth-order valence-electron chi connectivity index (χ4n) is 6.77. The predicted octanol–water partition coefficient (Wildman–Crippen LogP) is 2.73. The van der Waals surface area contributed by atoms with Gasteiger partial charge in [-0.2, -0.15) is 0 Å². The normalized spacial score (nSPS) is 31.1. The Labute approximate surface area is 241 Å². The molecule has 2 heterocycles. The Morgan fingerprint density at radius 2 is 1.81 bits per heavy atom. The molecule has 0 spiro atoms. The maximum absolute atomic E-state index is 13.8. The average molecular weight is 730 g/mol. The summed E-state index contributed by atoms with van der Waals surface area (Å²) >= 11 is 4.03. The van der Waals surface area contributed by atoms with Gasteiger partial charge in [0.2, 0.25) is 0 Å². The lowest BCUT2D eigenvalue weighted by Crippen LogP contribution is -2.87. The molecule has 0 amide bonds. The second kappa shape index (κ2) is 9.67. The minimum Gasteiger partial charge on any atom is -0.506 e. The summed E-state index contributed by atoms with van der Waals surface area (Å²) in [6.45, 7) is 1.68. The van der Waals surface area contributed by atoms with Crippen LogP contribution in [0.2, 0.25) is 0 Å². The van der Waals surface area contributed by atoms with Crippen molar-refractivity contribution >= 4 is 63.1 Å². The molecule has 2 aromatic rings. The number of esters is 3. The van der Waals surface area contributed by atoms with Crippen molar-refractivity contribution in [2.45, 2.75) is 37.1 Å². The van der Waals surface area contributed by atoms with Crippen molar-refractivity contribution in [3.63, 3.8) is 0 Å². The first-order valence-corrected chi connectivity index (χ1v) is 14.6. The van der Waals surface area contributed by atoms with Gasteiger partial charge >= 0.3 is 17.9 Å². The molecule has 37 heavy (non-hydrogen) atoms. The first-order chi connectivity index (χ1) is 17.8. The summed E-state index contributed by atoms with van der Waals surface area (Å²) in [5, 5.41) is 12.7. The Hall–Kier alpha value is -1.93. The van der Waals surface area contributed by atoms with Gasteiger partial charge in [-0.25, -0.2) is 4.79 Å². The standard InChI is InChI=1S/C27H25I2NO7/c28-14-10-17(21(31)18(29)11-14)24(32)35-22-16-12-15-19(25(33)36-23(15)22)20(16)26(34)37-27(6-8-30-9-7-27)13-4-2-1-3-5-13/h1-5,10-11,15-16,19-20,22-23,30-31H,6-9,12H2/p+1. The summed E-state index contributed by atoms with van der Waals surface area (Å²) in [5.41, 5.74) is 0.269. The Morgan fingerprint density at radius 1 is 1.08 bits per heavy atom. The molecule has 0 radical (unpaired) electrons. The van der Waals surface area contributed by atoms with Crippen LogP contribution in [-0.4, -0.2) is 48.3 Å². The number of quaternary nitrogens is 1. The molecule has 6 rings (SSSR count). The van der Waals surface area contributed by atoms with E-state index in [2.05, 4.69) is 27.9 Å². The zero-order valence-corrected chi connectivity index (χ0v) is 24.1. The number of hydrogen-bond acceptors (Lipinski definition) is 7. The molecule has 6 unspecified atom stereocenters. The molecule has 194 valence electrons. The number of halogens is 2. The molecule has 4 fully saturated rings. The fourth-order valence-corrected chi connectivity index (χ4v) is 8.61. The van der Waals surface area contributed by atoms with Gasteiger partial charge in [-0.05, 0) is 69.3 Å². The summed E-state index contributed by atoms with van der Waals surface area (Å²) in [6, 6.07) is 13.1. The zero-order valence-electron chi connectivity index (χ0n) is 19.8. The molecule has 0 aromatic heterocycles. The first-order valence-electron chi connectivity index (χ1n) is 12.5. The first kappa shape index (κ1) is 25.4. The van der Waals surface area contributed by atoms with Crippen molar-refractivity contribution in [1.82, 2.24) is 0 Å². The summed E-state index contributed by atoms with van der Waals surface area (Å²) < 4.78 is 19.2. The zero-order chi connectivity index (χ0) is 25.9. The van der Waals surface area contributed by atoms with E-state index in [9.17, 15) is 19.5 Å². The SMILES string of the molecule is O=C(OC1C2CC3C1OC(=O)C3C2C(=O)OC1(c2ccccc2)CC[NH2+]CC1)c1cc(I)cc(I)c1O. The van der Waals surface area contributed by atoms with Gasteiger partial charge in [0.15, 0.2) is 0 Å². The smallest absolute Gasteiger partial charge is 0.342 e. The van der Waals surface area contributed by atoms with Crippen molar-refractivity contribution in [3.05, 3.63) is 60.7 Å². The molecule has 2 saturated heterocycles. The summed E-state index contributed by atoms with van der Waals surface area (Å²) in [7, 11) is 0. The van der Waals surface area contributed by atoms with Crippen molar-refractivity contribution in [2.75, 3.05) is 13.1 Å². The number of piperidine rings is 1. The molecule has 3 N–H and O–H groups in total. The number of carbonyl (C=O) groups is 3. The Balaban J connectivity index is 1.27. The second-order valence-electron chi connectivity index (χ2n) is 10.3. The van der Waals surface area contributed by atoms with Crippen LogP contribution in [0.15, 0.2) is 42.5 Å². The highest BCUT2D eigenvalue weighted by Gasteiger charge is 2.70. The lowest BCUT2D eigenvalue weighted by atomic mass is 9.78. The number of fused-ring (bicyclic) bond motifs is 1. The molecule has 6 atom stereocenters. The number of aromatic hydroxyl groups is 1. The van der Waals surface area contributed by atoms with Gasteiger partial charge < -0.3 is 24.6 Å². The minimum absolute atomic E-state index is 0.0561. The van der Waals surface area contributed by atoms with E-state index >= 15 is 0 Å². The van der Waals surface area contributed by atoms with Gasteiger partial charge in [-0.3, -0.25) is 9.59 Å². The van der Waals surface area contributed by atoms with Gasteiger partial charge in [0.25, 0.3) is 0 Å². The Morgan fingerprint density at radius 3 is 2.54 bits per heavy atom. The molecule has 8 nitrogen and oxygen atoms in total. The minimum atomic E-state index is -0.764. The van der Waals surface area contributed by atoms with Crippen LogP contribution in [0, 0.1) is 30.8 Å². The van der Waals surface area contributed by atoms with E-state index in [1.54, 1.807) is 12.1 Å². The molecular formula is C27H26I2NO7+. The lowest BCUT2D eigenvalue weighted by molar-refractivity contribution is -0.668. The maximum atomic E-state index is 13.8. The Kier molecular flexibility index (Phi) is 6.63. The average Bonchev–Trinajstić information content (AvgIpc) is 3.51. The van der Waals surface area contributed by atoms with Crippen LogP contribution in [0.3, 0.4) is 0 Å². The van der Waals surface area contributed by atoms with Crippen LogP contribution in [-0.2, 0) is 29.4 Å². The van der Waals surface area contributed by atoms with Crippen LogP contribution in [0.25, 0.3) is 0 Å². The number of ether oxygens (including phenoxy) is 3. The highest BCUT2D eigenvalue weighted by molar-refractivity contribution is 14.1. The topological polar surface area (TPSA) is 116 Å². The highest BCUT2D eigenvalue weighted by atomic mass is 127. The van der Waals surface area contributed by atoms with E-state index in [1.807, 2.05) is 52.9 Å². The number of nitrogens with two attached hydrogens (primary N) is 1. The van der Waals surface area contributed by atoms with E-state index in [1.165, 1.54) is 0 Å². The molecule has 2 aliphatic heterocycles. The number of hydrogen-bond donors (Lipinski definition) is 2. The third kappa shape index (κ3) is 4.22. The van der Waals surface area contributed by atoms with E-state index in [0.29, 0.717) is 22.8 Å². The number of rotatable bonds is 5. The van der Waals surface area contributed by atoms with Crippen LogP contribution < -0.4 is 5.32 Å². The number of carbonyl (C=O) groups excluding carboxylic acids is 3. The molecular weight excluding hydrogens is 704 g/mol. The quantitative estimate of drug-likeness (QED) is 0.277. The molecule has 2 aromatic carbocycles. The molecule has 2 saturated carbocycles. The van der Waals surface area contributed by atoms with Crippen LogP contribution in [0.4, 0.5) is 0 Å². The van der Waals surface area contributed by atoms with Crippen molar-refractivity contribution in [2.24, 2.45) is 23.7 Å². The van der Waals surface area contributed by atoms with Crippen molar-refractivity contribution < 1.29 is 39.0 Å². The monoisotopic (exact) mass is 730 g/mol. The van der Waals surface area contributed by atoms with Gasteiger partial charge in [-0.15, -0.1) is 0 Å². The predicted molar refractivity (Wildman–Crippen MR) is 146 cm³/mol. The van der Waals surface area contributed by atoms with Gasteiger partial charge in [0.1, 0.15) is 29.1 Å². The second-order valence-corrected chi connectivity index (χ2v) is 12.7. The molecule has 10 heteroatoms. The van der Waals surface area contributed by atoms with E-state index in [4.69, 9.17) is 14.2 Å². The Bertz CT molecular complexity index is 1260. The largest absolute Gasteiger partial charge is 0.506 e.